The minimum Gasteiger partial charge on any atom is -0.455 e. The van der Waals surface area contributed by atoms with E-state index in [-0.39, 0.29) is 17.7 Å². The average Bonchev–Trinajstić information content (AvgIpc) is 4.02. The van der Waals surface area contributed by atoms with E-state index in [1.807, 2.05) is 0 Å². The Labute approximate surface area is 420 Å². The third kappa shape index (κ3) is 4.88. The monoisotopic (exact) mass is 920 g/mol. The van der Waals surface area contributed by atoms with Gasteiger partial charge in [-0.05, 0) is 120 Å². The number of nitrogens with zero attached hydrogens (tertiary/aromatic N) is 2. The third-order valence-corrected chi connectivity index (χ3v) is 17.4. The molecule has 340 valence electrons. The molecule has 0 fully saturated rings. The largest absolute Gasteiger partial charge is 0.455 e. The van der Waals surface area contributed by atoms with Crippen LogP contribution in [0.2, 0.25) is 0 Å². The van der Waals surface area contributed by atoms with Crippen LogP contribution >= 0.6 is 0 Å². The minimum absolute atomic E-state index is 0.0574. The molecule has 3 nitrogen and oxygen atoms in total. The zero-order valence-electron chi connectivity index (χ0n) is 41.0. The summed E-state index contributed by atoms with van der Waals surface area (Å²) in [5.74, 6) is 0. The second-order valence-corrected chi connectivity index (χ2v) is 22.3. The number of hydrogen-bond donors (Lipinski definition) is 0. The van der Waals surface area contributed by atoms with Gasteiger partial charge in [-0.3, -0.25) is 0 Å². The van der Waals surface area contributed by atoms with Crippen LogP contribution in [0.4, 0.5) is 28.4 Å². The van der Waals surface area contributed by atoms with E-state index in [1.54, 1.807) is 0 Å². The molecule has 4 heteroatoms. The zero-order chi connectivity index (χ0) is 48.0. The minimum atomic E-state index is -0.558. The van der Waals surface area contributed by atoms with E-state index in [4.69, 9.17) is 4.42 Å². The highest BCUT2D eigenvalue weighted by Gasteiger charge is 2.57. The Kier molecular flexibility index (Phi) is 7.71. The Morgan fingerprint density at radius 1 is 0.444 bits per heavy atom. The maximum Gasteiger partial charge on any atom is 0.333 e. The topological polar surface area (TPSA) is 19.6 Å². The van der Waals surface area contributed by atoms with Gasteiger partial charge in [-0.15, -0.1) is 0 Å². The van der Waals surface area contributed by atoms with Gasteiger partial charge >= 0.3 is 6.85 Å². The Balaban J connectivity index is 1.11. The van der Waals surface area contributed by atoms with Crippen LogP contribution in [0.3, 0.4) is 0 Å². The van der Waals surface area contributed by atoms with Crippen molar-refractivity contribution in [2.24, 2.45) is 0 Å². The molecular formula is C68H49BN2O. The molecule has 5 aliphatic rings. The fourth-order valence-electron chi connectivity index (χ4n) is 14.3. The SMILES string of the molecule is CC(C)(C)c1ccc(N2c3cc4c(cc3B3c5c2cc2c(oc6ccccc62)c5-c2cccc5c2N3c2ccccc2C52c3ccccc3-c3ccccc32)-c2ccccc2C4(C)C)c(-c2ccccc2)c1. The van der Waals surface area contributed by atoms with Crippen molar-refractivity contribution in [3.8, 4) is 44.5 Å². The number of rotatable bonds is 2. The highest BCUT2D eigenvalue weighted by Crippen LogP contribution is 2.66. The fraction of sp³-hybridized carbons (Fsp3) is 0.118. The molecule has 4 heterocycles. The van der Waals surface area contributed by atoms with Crippen molar-refractivity contribution >= 4 is 68.1 Å². The quantitative estimate of drug-likeness (QED) is 0.161. The van der Waals surface area contributed by atoms with Crippen molar-refractivity contribution in [2.45, 2.75) is 50.9 Å². The van der Waals surface area contributed by atoms with Crippen LogP contribution in [0.1, 0.15) is 73.6 Å². The molecule has 72 heavy (non-hydrogen) atoms. The fourth-order valence-corrected chi connectivity index (χ4v) is 14.3. The zero-order valence-corrected chi connectivity index (χ0v) is 41.0. The van der Waals surface area contributed by atoms with Crippen LogP contribution in [0.5, 0.6) is 0 Å². The second-order valence-electron chi connectivity index (χ2n) is 22.3. The van der Waals surface area contributed by atoms with Crippen LogP contribution < -0.4 is 20.6 Å². The summed E-state index contributed by atoms with van der Waals surface area (Å²) in [6.07, 6.45) is 0. The van der Waals surface area contributed by atoms with Crippen molar-refractivity contribution in [3.05, 3.63) is 245 Å². The van der Waals surface area contributed by atoms with Gasteiger partial charge in [0.1, 0.15) is 11.2 Å². The van der Waals surface area contributed by atoms with E-state index in [0.29, 0.717) is 0 Å². The van der Waals surface area contributed by atoms with Gasteiger partial charge in [0, 0.05) is 55.6 Å². The normalized spacial score (nSPS) is 15.4. The van der Waals surface area contributed by atoms with Gasteiger partial charge in [-0.1, -0.05) is 204 Å². The summed E-state index contributed by atoms with van der Waals surface area (Å²) in [6.45, 7) is 11.6. The maximum atomic E-state index is 7.29. The van der Waals surface area contributed by atoms with E-state index in [1.165, 1.54) is 117 Å². The predicted molar refractivity (Wildman–Crippen MR) is 300 cm³/mol. The summed E-state index contributed by atoms with van der Waals surface area (Å²) >= 11 is 0. The molecule has 0 unspecified atom stereocenters. The van der Waals surface area contributed by atoms with Crippen molar-refractivity contribution in [2.75, 3.05) is 9.71 Å². The van der Waals surface area contributed by atoms with E-state index in [0.717, 1.165) is 27.6 Å². The number of furan rings is 1. The van der Waals surface area contributed by atoms with Crippen molar-refractivity contribution < 1.29 is 4.42 Å². The lowest BCUT2D eigenvalue weighted by molar-refractivity contribution is 0.590. The van der Waals surface area contributed by atoms with Gasteiger partial charge < -0.3 is 14.1 Å². The summed E-state index contributed by atoms with van der Waals surface area (Å²) in [7, 11) is 0. The maximum absolute atomic E-state index is 7.29. The molecule has 0 atom stereocenters. The molecule has 1 aromatic heterocycles. The molecule has 0 saturated heterocycles. The summed E-state index contributed by atoms with van der Waals surface area (Å²) in [4.78, 5) is 5.40. The first kappa shape index (κ1) is 40.4. The first-order chi connectivity index (χ1) is 35.1. The van der Waals surface area contributed by atoms with E-state index >= 15 is 0 Å². The first-order valence-corrected chi connectivity index (χ1v) is 25.6. The Morgan fingerprint density at radius 3 is 1.82 bits per heavy atom. The van der Waals surface area contributed by atoms with E-state index in [9.17, 15) is 0 Å². The molecule has 10 aromatic carbocycles. The third-order valence-electron chi connectivity index (χ3n) is 17.4. The average molecular weight is 921 g/mol. The van der Waals surface area contributed by atoms with Crippen molar-refractivity contribution in [1.82, 2.24) is 0 Å². The van der Waals surface area contributed by atoms with Crippen LogP contribution in [0.25, 0.3) is 66.4 Å². The summed E-state index contributed by atoms with van der Waals surface area (Å²) < 4.78 is 7.29. The molecule has 11 aromatic rings. The van der Waals surface area contributed by atoms with Gasteiger partial charge in [0.15, 0.2) is 0 Å². The molecule has 0 bridgehead atoms. The highest BCUT2D eigenvalue weighted by molar-refractivity contribution is 6.94. The van der Waals surface area contributed by atoms with Gasteiger partial charge in [0.05, 0.1) is 11.1 Å². The lowest BCUT2D eigenvalue weighted by Crippen LogP contribution is -2.63. The number of anilines is 5. The lowest BCUT2D eigenvalue weighted by Gasteiger charge is -2.52. The predicted octanol–water partition coefficient (Wildman–Crippen LogP) is 16.2. The van der Waals surface area contributed by atoms with Gasteiger partial charge in [-0.2, -0.15) is 0 Å². The molecule has 2 aliphatic carbocycles. The summed E-state index contributed by atoms with van der Waals surface area (Å²) in [6, 6.07) is 78.5. The molecule has 0 amide bonds. The number of para-hydroxylation sites is 3. The van der Waals surface area contributed by atoms with Crippen LogP contribution in [-0.4, -0.2) is 6.85 Å². The van der Waals surface area contributed by atoms with Gasteiger partial charge in [-0.25, -0.2) is 0 Å². The number of hydrogen-bond acceptors (Lipinski definition) is 3. The molecule has 16 rings (SSSR count). The van der Waals surface area contributed by atoms with E-state index in [2.05, 4.69) is 251 Å². The molecule has 0 N–H and O–H groups in total. The van der Waals surface area contributed by atoms with Crippen molar-refractivity contribution in [3.63, 3.8) is 0 Å². The Bertz CT molecular complexity index is 4160. The molecule has 1 spiro atoms. The molecular weight excluding hydrogens is 872 g/mol. The second kappa shape index (κ2) is 13.7. The van der Waals surface area contributed by atoms with Crippen LogP contribution in [0.15, 0.2) is 211 Å². The standard InChI is InChI=1S/C68H49BN2O/c1-66(2,3)41-34-35-57(47(36-41)40-20-7-6-8-21-40)70-59-39-55-48(44-24-9-13-27-50(44)67(55,4)5)37-56(59)69-63-60(70)38-49-45-25-12-18-33-61(45)72-65(49)62(63)46-26-19-31-54-64(46)71(69)58-32-17-16-30-53(58)68(54)51-28-14-10-22-42(51)43-23-11-15-29-52(43)68/h6-39H,1-5H3. The van der Waals surface area contributed by atoms with Crippen molar-refractivity contribution in [1.29, 1.82) is 0 Å². The lowest BCUT2D eigenvalue weighted by atomic mass is 9.42. The smallest absolute Gasteiger partial charge is 0.333 e. The molecule has 0 radical (unpaired) electrons. The number of fused-ring (bicyclic) bond motifs is 20. The Hall–Kier alpha value is -8.34. The highest BCUT2D eigenvalue weighted by atomic mass is 16.3. The number of benzene rings is 10. The Morgan fingerprint density at radius 2 is 1.07 bits per heavy atom. The van der Waals surface area contributed by atoms with Crippen LogP contribution in [-0.2, 0) is 16.2 Å². The van der Waals surface area contributed by atoms with E-state index < -0.39 is 5.41 Å². The molecule has 0 saturated carbocycles. The summed E-state index contributed by atoms with van der Waals surface area (Å²) in [5.41, 5.74) is 28.9. The first-order valence-electron chi connectivity index (χ1n) is 25.6. The summed E-state index contributed by atoms with van der Waals surface area (Å²) in [5, 5.41) is 2.25. The van der Waals surface area contributed by atoms with Crippen LogP contribution in [0, 0.1) is 0 Å². The van der Waals surface area contributed by atoms with Gasteiger partial charge in [0.2, 0.25) is 0 Å². The van der Waals surface area contributed by atoms with Gasteiger partial charge in [0.25, 0.3) is 0 Å². The molecule has 3 aliphatic heterocycles.